The van der Waals surface area contributed by atoms with Crippen LogP contribution >= 0.6 is 11.6 Å². The second kappa shape index (κ2) is 5.23. The van der Waals surface area contributed by atoms with E-state index in [0.717, 1.165) is 38.5 Å². The van der Waals surface area contributed by atoms with Crippen LogP contribution in [0.1, 0.15) is 38.5 Å². The van der Waals surface area contributed by atoms with Crippen LogP contribution in [0.4, 0.5) is 0 Å². The first-order valence-corrected chi connectivity index (χ1v) is 8.33. The summed E-state index contributed by atoms with van der Waals surface area (Å²) in [7, 11) is -3.02. The average Bonchev–Trinajstić information content (AvgIpc) is 3.02. The molecule has 1 aliphatic heterocycles. The molecule has 16 heavy (non-hydrogen) atoms. The summed E-state index contributed by atoms with van der Waals surface area (Å²) in [6.07, 6.45) is 6.10. The van der Waals surface area contributed by atoms with Crippen molar-refractivity contribution in [1.29, 1.82) is 0 Å². The van der Waals surface area contributed by atoms with Crippen LogP contribution in [0.25, 0.3) is 0 Å². The number of sulfonamides is 1. The van der Waals surface area contributed by atoms with Gasteiger partial charge in [0.2, 0.25) is 10.0 Å². The summed E-state index contributed by atoms with van der Waals surface area (Å²) < 4.78 is 26.1. The molecule has 3 nitrogen and oxygen atoms in total. The zero-order chi connectivity index (χ0) is 11.6. The molecule has 0 spiro atoms. The highest BCUT2D eigenvalue weighted by Crippen LogP contribution is 2.33. The topological polar surface area (TPSA) is 37.4 Å². The lowest BCUT2D eigenvalue weighted by Gasteiger charge is -2.34. The molecule has 1 heterocycles. The Morgan fingerprint density at radius 1 is 1.19 bits per heavy atom. The zero-order valence-corrected chi connectivity index (χ0v) is 11.1. The van der Waals surface area contributed by atoms with Gasteiger partial charge in [-0.25, -0.2) is 8.42 Å². The molecule has 1 aliphatic carbocycles. The van der Waals surface area contributed by atoms with E-state index in [-0.39, 0.29) is 6.04 Å². The van der Waals surface area contributed by atoms with Crippen LogP contribution in [0.3, 0.4) is 0 Å². The van der Waals surface area contributed by atoms with Gasteiger partial charge in [-0.1, -0.05) is 6.42 Å². The molecule has 2 rings (SSSR count). The quantitative estimate of drug-likeness (QED) is 0.715. The minimum absolute atomic E-state index is 0.162. The Balaban J connectivity index is 2.02. The number of rotatable bonds is 5. The van der Waals surface area contributed by atoms with E-state index in [4.69, 9.17) is 11.6 Å². The summed E-state index contributed by atoms with van der Waals surface area (Å²) in [4.78, 5) is 0. The highest BCUT2D eigenvalue weighted by atomic mass is 35.5. The Kier molecular flexibility index (Phi) is 4.14. The molecule has 1 saturated carbocycles. The van der Waals surface area contributed by atoms with Crippen LogP contribution in [-0.4, -0.2) is 36.9 Å². The van der Waals surface area contributed by atoms with Crippen molar-refractivity contribution in [3.05, 3.63) is 0 Å². The summed E-state index contributed by atoms with van der Waals surface area (Å²) in [5.74, 6) is 1.36. The molecule has 1 unspecified atom stereocenters. The van der Waals surface area contributed by atoms with Crippen molar-refractivity contribution >= 4 is 21.6 Å². The smallest absolute Gasteiger partial charge is 0.212 e. The molecule has 1 atom stereocenters. The largest absolute Gasteiger partial charge is 0.214 e. The minimum Gasteiger partial charge on any atom is -0.212 e. The lowest BCUT2D eigenvalue weighted by atomic mass is 10.0. The third kappa shape index (κ3) is 3.11. The molecule has 0 aromatic heterocycles. The Morgan fingerprint density at radius 3 is 2.56 bits per heavy atom. The summed E-state index contributed by atoms with van der Waals surface area (Å²) in [5, 5.41) is 0. The van der Waals surface area contributed by atoms with Gasteiger partial charge >= 0.3 is 0 Å². The molecule has 0 aromatic rings. The molecular formula is C11H20ClNO2S. The summed E-state index contributed by atoms with van der Waals surface area (Å²) in [6, 6.07) is 0.162. The van der Waals surface area contributed by atoms with E-state index in [1.807, 2.05) is 0 Å². The Bertz CT molecular complexity index is 325. The molecular weight excluding hydrogens is 246 g/mol. The van der Waals surface area contributed by atoms with Gasteiger partial charge in [0.05, 0.1) is 5.75 Å². The van der Waals surface area contributed by atoms with Crippen molar-refractivity contribution in [3.8, 4) is 0 Å². The Morgan fingerprint density at radius 2 is 1.94 bits per heavy atom. The summed E-state index contributed by atoms with van der Waals surface area (Å²) in [6.45, 7) is 0.705. The molecule has 0 radical (unpaired) electrons. The first-order valence-electron chi connectivity index (χ1n) is 6.19. The Labute approximate surface area is 103 Å². The fourth-order valence-electron chi connectivity index (χ4n) is 2.43. The van der Waals surface area contributed by atoms with Crippen molar-refractivity contribution in [2.24, 2.45) is 5.92 Å². The second-order valence-corrected chi connectivity index (χ2v) is 7.30. The van der Waals surface area contributed by atoms with Gasteiger partial charge in [0.1, 0.15) is 0 Å². The number of hydrogen-bond donors (Lipinski definition) is 0. The number of hydrogen-bond acceptors (Lipinski definition) is 2. The number of halogens is 1. The molecule has 2 aliphatic rings. The molecule has 0 aromatic carbocycles. The second-order valence-electron chi connectivity index (χ2n) is 4.96. The maximum atomic E-state index is 12.2. The zero-order valence-electron chi connectivity index (χ0n) is 9.57. The van der Waals surface area contributed by atoms with E-state index in [1.54, 1.807) is 4.31 Å². The number of piperidine rings is 1. The molecule has 94 valence electrons. The van der Waals surface area contributed by atoms with Crippen LogP contribution in [0, 0.1) is 5.92 Å². The van der Waals surface area contributed by atoms with Crippen molar-refractivity contribution < 1.29 is 8.42 Å². The van der Waals surface area contributed by atoms with Crippen LogP contribution in [0.2, 0.25) is 0 Å². The fourth-order valence-corrected chi connectivity index (χ4v) is 4.88. The van der Waals surface area contributed by atoms with E-state index in [2.05, 4.69) is 0 Å². The third-order valence-corrected chi connectivity index (χ3v) is 5.82. The maximum absolute atomic E-state index is 12.2. The van der Waals surface area contributed by atoms with Gasteiger partial charge in [0.15, 0.2) is 0 Å². The molecule has 0 amide bonds. The van der Waals surface area contributed by atoms with Gasteiger partial charge in [-0.2, -0.15) is 4.31 Å². The van der Waals surface area contributed by atoms with Gasteiger partial charge in [-0.15, -0.1) is 11.6 Å². The SMILES string of the molecule is O=S(=O)(CC1CC1)N1CCCCC1CCCl. The van der Waals surface area contributed by atoms with Crippen molar-refractivity contribution in [3.63, 3.8) is 0 Å². The van der Waals surface area contributed by atoms with E-state index in [1.165, 1.54) is 0 Å². The predicted octanol–water partition coefficient (Wildman–Crippen LogP) is 2.21. The van der Waals surface area contributed by atoms with Gasteiger partial charge in [-0.3, -0.25) is 0 Å². The molecule has 5 heteroatoms. The third-order valence-electron chi connectivity index (χ3n) is 3.52. The monoisotopic (exact) mass is 265 g/mol. The van der Waals surface area contributed by atoms with Crippen LogP contribution < -0.4 is 0 Å². The van der Waals surface area contributed by atoms with E-state index in [9.17, 15) is 8.42 Å². The van der Waals surface area contributed by atoms with Crippen molar-refractivity contribution in [2.75, 3.05) is 18.2 Å². The van der Waals surface area contributed by atoms with Crippen LogP contribution in [-0.2, 0) is 10.0 Å². The van der Waals surface area contributed by atoms with Crippen molar-refractivity contribution in [1.82, 2.24) is 4.31 Å². The number of alkyl halides is 1. The van der Waals surface area contributed by atoms with E-state index >= 15 is 0 Å². The first-order chi connectivity index (χ1) is 7.63. The highest BCUT2D eigenvalue weighted by Gasteiger charge is 2.36. The summed E-state index contributed by atoms with van der Waals surface area (Å²) in [5.41, 5.74) is 0. The Hall–Kier alpha value is 0.200. The fraction of sp³-hybridized carbons (Fsp3) is 1.00. The van der Waals surface area contributed by atoms with Gasteiger partial charge in [0.25, 0.3) is 0 Å². The lowest BCUT2D eigenvalue weighted by molar-refractivity contribution is 0.247. The van der Waals surface area contributed by atoms with E-state index < -0.39 is 10.0 Å². The van der Waals surface area contributed by atoms with Gasteiger partial charge in [-0.05, 0) is 38.0 Å². The van der Waals surface area contributed by atoms with Crippen LogP contribution in [0.15, 0.2) is 0 Å². The molecule has 0 N–H and O–H groups in total. The highest BCUT2D eigenvalue weighted by molar-refractivity contribution is 7.89. The first kappa shape index (κ1) is 12.7. The summed E-state index contributed by atoms with van der Waals surface area (Å²) >= 11 is 5.75. The van der Waals surface area contributed by atoms with Crippen molar-refractivity contribution in [2.45, 2.75) is 44.6 Å². The number of nitrogens with zero attached hydrogens (tertiary/aromatic N) is 1. The molecule has 1 saturated heterocycles. The normalized spacial score (nSPS) is 28.2. The average molecular weight is 266 g/mol. The molecule has 0 bridgehead atoms. The standard InChI is InChI=1S/C11H20ClNO2S/c12-7-6-11-3-1-2-8-13(11)16(14,15)9-10-4-5-10/h10-11H,1-9H2. The van der Waals surface area contributed by atoms with E-state index in [0.29, 0.717) is 24.1 Å². The lowest BCUT2D eigenvalue weighted by Crippen LogP contribution is -2.45. The van der Waals surface area contributed by atoms with Crippen LogP contribution in [0.5, 0.6) is 0 Å². The molecule has 2 fully saturated rings. The predicted molar refractivity (Wildman–Crippen MR) is 66.2 cm³/mol. The van der Waals surface area contributed by atoms with Gasteiger partial charge in [0, 0.05) is 18.5 Å². The maximum Gasteiger partial charge on any atom is 0.214 e. The van der Waals surface area contributed by atoms with Gasteiger partial charge < -0.3 is 0 Å². The minimum atomic E-state index is -3.02.